The van der Waals surface area contributed by atoms with E-state index in [1.54, 1.807) is 19.1 Å². The fourth-order valence-electron chi connectivity index (χ4n) is 3.44. The summed E-state index contributed by atoms with van der Waals surface area (Å²) in [7, 11) is 0. The van der Waals surface area contributed by atoms with Crippen molar-refractivity contribution in [2.45, 2.75) is 25.8 Å². The highest BCUT2D eigenvalue weighted by molar-refractivity contribution is 9.10. The number of carbonyl (C=O) groups is 3. The minimum Gasteiger partial charge on any atom is -0.356 e. The molecule has 1 aliphatic heterocycles. The molecule has 160 valence electrons. The number of halogens is 2. The number of carbonyl (C=O) groups excluding carboxylic acids is 3. The zero-order valence-electron chi connectivity index (χ0n) is 16.7. The first-order valence-electron chi connectivity index (χ1n) is 9.53. The molecule has 8 nitrogen and oxygen atoms in total. The van der Waals surface area contributed by atoms with Crippen molar-refractivity contribution in [3.8, 4) is 0 Å². The maximum absolute atomic E-state index is 13.9. The van der Waals surface area contributed by atoms with E-state index in [-0.39, 0.29) is 5.69 Å². The van der Waals surface area contributed by atoms with Crippen LogP contribution in [0.25, 0.3) is 10.9 Å². The number of H-pyrrole nitrogens is 1. The molecule has 10 heteroatoms. The smallest absolute Gasteiger partial charge is 0.344 e. The van der Waals surface area contributed by atoms with Crippen LogP contribution in [-0.4, -0.2) is 28.0 Å². The Kier molecular flexibility index (Phi) is 5.18. The largest absolute Gasteiger partial charge is 0.356 e. The maximum atomic E-state index is 13.9. The van der Waals surface area contributed by atoms with Crippen LogP contribution in [-0.2, 0) is 16.8 Å². The van der Waals surface area contributed by atoms with Crippen molar-refractivity contribution in [3.63, 3.8) is 0 Å². The number of imide groups is 1. The monoisotopic (exact) mass is 487 g/mol. The molecule has 1 aromatic heterocycles. The summed E-state index contributed by atoms with van der Waals surface area (Å²) in [5.41, 5.74) is 3.12. The highest BCUT2D eigenvalue weighted by Gasteiger charge is 2.51. The van der Waals surface area contributed by atoms with E-state index < -0.39 is 29.3 Å². The van der Waals surface area contributed by atoms with Crippen molar-refractivity contribution < 1.29 is 18.8 Å². The van der Waals surface area contributed by atoms with Crippen LogP contribution in [0, 0.1) is 5.82 Å². The summed E-state index contributed by atoms with van der Waals surface area (Å²) < 4.78 is 14.4. The molecule has 2 aromatic carbocycles. The van der Waals surface area contributed by atoms with Crippen LogP contribution in [0.2, 0.25) is 0 Å². The predicted molar refractivity (Wildman–Crippen MR) is 117 cm³/mol. The van der Waals surface area contributed by atoms with Gasteiger partial charge >= 0.3 is 12.1 Å². The third-order valence-corrected chi connectivity index (χ3v) is 5.71. The van der Waals surface area contributed by atoms with Crippen LogP contribution < -0.4 is 16.1 Å². The normalized spacial score (nSPS) is 18.4. The Morgan fingerprint density at radius 3 is 2.68 bits per heavy atom. The van der Waals surface area contributed by atoms with E-state index >= 15 is 0 Å². The van der Waals surface area contributed by atoms with E-state index in [9.17, 15) is 18.8 Å². The lowest BCUT2D eigenvalue weighted by atomic mass is 9.98. The fourth-order valence-corrected chi connectivity index (χ4v) is 3.77. The lowest BCUT2D eigenvalue weighted by Crippen LogP contribution is -2.49. The number of aromatic amines is 1. The van der Waals surface area contributed by atoms with Gasteiger partial charge in [0.2, 0.25) is 0 Å². The first-order chi connectivity index (χ1) is 14.7. The van der Waals surface area contributed by atoms with Crippen LogP contribution >= 0.6 is 15.9 Å². The molecule has 0 spiro atoms. The minimum absolute atomic E-state index is 0.0992. The van der Waals surface area contributed by atoms with Gasteiger partial charge in [0.15, 0.2) is 5.54 Å². The summed E-state index contributed by atoms with van der Waals surface area (Å²) in [6.07, 6.45) is 0.870. The number of aryl methyl sites for hydroxylation is 1. The lowest BCUT2D eigenvalue weighted by molar-refractivity contribution is -0.132. The molecule has 1 atom stereocenters. The van der Waals surface area contributed by atoms with E-state index in [0.29, 0.717) is 15.2 Å². The molecule has 1 unspecified atom stereocenters. The Labute approximate surface area is 185 Å². The molecule has 5 amide bonds. The third kappa shape index (κ3) is 3.74. The number of rotatable bonds is 4. The number of hydrogen-bond acceptors (Lipinski definition) is 3. The number of urea groups is 2. The van der Waals surface area contributed by atoms with Gasteiger partial charge in [-0.3, -0.25) is 4.79 Å². The number of hydrogen-bond donors (Lipinski definition) is 4. The van der Waals surface area contributed by atoms with Gasteiger partial charge in [-0.15, -0.1) is 0 Å². The second-order valence-corrected chi connectivity index (χ2v) is 8.26. The van der Waals surface area contributed by atoms with Crippen molar-refractivity contribution in [1.29, 1.82) is 0 Å². The molecule has 31 heavy (non-hydrogen) atoms. The van der Waals surface area contributed by atoms with Crippen LogP contribution in [0.5, 0.6) is 0 Å². The number of anilines is 1. The van der Waals surface area contributed by atoms with Crippen molar-refractivity contribution in [1.82, 2.24) is 20.7 Å². The highest BCUT2D eigenvalue weighted by atomic mass is 79.9. The Balaban J connectivity index is 1.54. The zero-order valence-corrected chi connectivity index (χ0v) is 18.3. The zero-order chi connectivity index (χ0) is 22.3. The highest BCUT2D eigenvalue weighted by Crippen LogP contribution is 2.30. The average Bonchev–Trinajstić information content (AvgIpc) is 3.25. The standard InChI is InChI=1S/C21H19BrFN5O3/c1-3-11-4-6-15-12(8-11)9-17(24-15)21(2)18(29)28(20(31)26-21)27-19(30)25-16-7-5-13(22)10-14(16)23/h4-10,24H,3H2,1-2H3,(H,26,31)(H2,25,27,30). The van der Waals surface area contributed by atoms with Gasteiger partial charge in [-0.25, -0.2) is 19.4 Å². The molecule has 0 aliphatic carbocycles. The Hall–Kier alpha value is -3.40. The van der Waals surface area contributed by atoms with Gasteiger partial charge in [0.1, 0.15) is 5.82 Å². The number of aromatic nitrogens is 1. The van der Waals surface area contributed by atoms with Gasteiger partial charge < -0.3 is 15.6 Å². The fraction of sp³-hybridized carbons (Fsp3) is 0.190. The number of benzene rings is 2. The molecular weight excluding hydrogens is 469 g/mol. The topological polar surface area (TPSA) is 106 Å². The summed E-state index contributed by atoms with van der Waals surface area (Å²) in [5, 5.41) is 6.37. The quantitative estimate of drug-likeness (QED) is 0.415. The molecule has 0 radical (unpaired) electrons. The molecule has 2 heterocycles. The molecule has 0 bridgehead atoms. The summed E-state index contributed by atoms with van der Waals surface area (Å²) in [4.78, 5) is 40.9. The Bertz CT molecular complexity index is 1230. The van der Waals surface area contributed by atoms with Crippen LogP contribution in [0.4, 0.5) is 19.7 Å². The number of amides is 5. The Morgan fingerprint density at radius 2 is 1.97 bits per heavy atom. The second-order valence-electron chi connectivity index (χ2n) is 7.34. The van der Waals surface area contributed by atoms with Crippen LogP contribution in [0.3, 0.4) is 0 Å². The van der Waals surface area contributed by atoms with E-state index in [4.69, 9.17) is 0 Å². The van der Waals surface area contributed by atoms with E-state index in [0.717, 1.165) is 22.9 Å². The summed E-state index contributed by atoms with van der Waals surface area (Å²) in [6, 6.07) is 10.1. The van der Waals surface area contributed by atoms with Crippen molar-refractivity contribution in [3.05, 3.63) is 64.0 Å². The molecule has 3 aromatic rings. The maximum Gasteiger partial charge on any atom is 0.344 e. The third-order valence-electron chi connectivity index (χ3n) is 5.22. The number of fused-ring (bicyclic) bond motifs is 1. The van der Waals surface area contributed by atoms with Gasteiger partial charge in [0.05, 0.1) is 11.4 Å². The first-order valence-corrected chi connectivity index (χ1v) is 10.3. The number of hydrazine groups is 1. The van der Waals surface area contributed by atoms with Crippen molar-refractivity contribution in [2.24, 2.45) is 0 Å². The molecule has 1 fully saturated rings. The molecule has 1 aliphatic rings. The predicted octanol–water partition coefficient (Wildman–Crippen LogP) is 4.14. The molecular formula is C21H19BrFN5O3. The van der Waals surface area contributed by atoms with Crippen molar-refractivity contribution >= 4 is 50.5 Å². The molecule has 0 saturated carbocycles. The van der Waals surface area contributed by atoms with Gasteiger partial charge in [0.25, 0.3) is 5.91 Å². The summed E-state index contributed by atoms with van der Waals surface area (Å²) >= 11 is 3.13. The first kappa shape index (κ1) is 20.9. The molecule has 1 saturated heterocycles. The average molecular weight is 488 g/mol. The van der Waals surface area contributed by atoms with Crippen molar-refractivity contribution in [2.75, 3.05) is 5.32 Å². The second kappa shape index (κ2) is 7.69. The van der Waals surface area contributed by atoms with Gasteiger partial charge in [-0.2, -0.15) is 5.01 Å². The van der Waals surface area contributed by atoms with Gasteiger partial charge in [-0.05, 0) is 55.3 Å². The van der Waals surface area contributed by atoms with E-state index in [1.807, 2.05) is 25.1 Å². The van der Waals surface area contributed by atoms with Crippen LogP contribution in [0.15, 0.2) is 46.9 Å². The number of nitrogens with zero attached hydrogens (tertiary/aromatic N) is 1. The minimum atomic E-state index is -1.40. The molecule has 4 rings (SSSR count). The lowest BCUT2D eigenvalue weighted by Gasteiger charge is -2.20. The van der Waals surface area contributed by atoms with Gasteiger partial charge in [0, 0.05) is 15.4 Å². The summed E-state index contributed by atoms with van der Waals surface area (Å²) in [5.74, 6) is -1.35. The number of nitrogens with one attached hydrogen (secondary N) is 4. The Morgan fingerprint density at radius 1 is 1.19 bits per heavy atom. The van der Waals surface area contributed by atoms with E-state index in [2.05, 4.69) is 37.0 Å². The van der Waals surface area contributed by atoms with E-state index in [1.165, 1.54) is 12.1 Å². The SMILES string of the molecule is CCc1ccc2[nH]c(C3(C)NC(=O)N(NC(=O)Nc4ccc(Br)cc4F)C3=O)cc2c1. The van der Waals surface area contributed by atoms with Crippen LogP contribution in [0.1, 0.15) is 25.1 Å². The molecule has 4 N–H and O–H groups in total. The summed E-state index contributed by atoms with van der Waals surface area (Å²) in [6.45, 7) is 3.60. The van der Waals surface area contributed by atoms with Gasteiger partial charge in [-0.1, -0.05) is 28.9 Å².